The van der Waals surface area contributed by atoms with Gasteiger partial charge in [-0.1, -0.05) is 42.5 Å². The summed E-state index contributed by atoms with van der Waals surface area (Å²) >= 11 is 0. The van der Waals surface area contributed by atoms with Crippen molar-refractivity contribution in [2.24, 2.45) is 0 Å². The zero-order valence-electron chi connectivity index (χ0n) is 11.6. The van der Waals surface area contributed by atoms with Crippen molar-refractivity contribution in [3.63, 3.8) is 0 Å². The quantitative estimate of drug-likeness (QED) is 0.906. The van der Waals surface area contributed by atoms with Gasteiger partial charge in [0.2, 0.25) is 10.0 Å². The Balaban J connectivity index is 1.75. The molecule has 3 rings (SSSR count). The molecule has 0 spiro atoms. The van der Waals surface area contributed by atoms with Gasteiger partial charge in [0.1, 0.15) is 0 Å². The first-order valence-corrected chi connectivity index (χ1v) is 8.51. The summed E-state index contributed by atoms with van der Waals surface area (Å²) in [4.78, 5) is 0.300. The smallest absolute Gasteiger partial charge is 0.240 e. The van der Waals surface area contributed by atoms with Crippen molar-refractivity contribution < 1.29 is 8.42 Å². The van der Waals surface area contributed by atoms with Crippen LogP contribution in [-0.2, 0) is 16.4 Å². The van der Waals surface area contributed by atoms with Crippen molar-refractivity contribution in [1.82, 2.24) is 10.0 Å². The molecule has 2 aromatic carbocycles. The summed E-state index contributed by atoms with van der Waals surface area (Å²) in [7, 11) is -3.45. The van der Waals surface area contributed by atoms with Gasteiger partial charge in [-0.2, -0.15) is 0 Å². The largest absolute Gasteiger partial charge is 0.308 e. The van der Waals surface area contributed by atoms with Gasteiger partial charge in [-0.05, 0) is 36.2 Å². The molecule has 4 nitrogen and oxygen atoms in total. The van der Waals surface area contributed by atoms with Gasteiger partial charge in [0, 0.05) is 12.6 Å². The van der Waals surface area contributed by atoms with Gasteiger partial charge in [0.05, 0.1) is 4.90 Å². The van der Waals surface area contributed by atoms with Crippen LogP contribution in [0.1, 0.15) is 17.2 Å². The first-order valence-electron chi connectivity index (χ1n) is 7.03. The van der Waals surface area contributed by atoms with Crippen molar-refractivity contribution in [3.8, 4) is 0 Å². The Kier molecular flexibility index (Phi) is 4.05. The van der Waals surface area contributed by atoms with Crippen LogP contribution in [0.2, 0.25) is 0 Å². The van der Waals surface area contributed by atoms with Crippen LogP contribution in [-0.4, -0.2) is 21.5 Å². The molecule has 1 aliphatic rings. The molecule has 1 heterocycles. The first kappa shape index (κ1) is 14.3. The zero-order chi connectivity index (χ0) is 14.7. The number of hydrogen-bond acceptors (Lipinski definition) is 3. The van der Waals surface area contributed by atoms with Crippen LogP contribution >= 0.6 is 0 Å². The number of nitrogens with one attached hydrogen (secondary N) is 2. The lowest BCUT2D eigenvalue weighted by Crippen LogP contribution is -2.38. The van der Waals surface area contributed by atoms with Crippen LogP contribution in [0.3, 0.4) is 0 Å². The molecule has 0 unspecified atom stereocenters. The number of rotatable bonds is 4. The van der Waals surface area contributed by atoms with Crippen molar-refractivity contribution >= 4 is 10.0 Å². The van der Waals surface area contributed by atoms with Crippen LogP contribution in [0.15, 0.2) is 59.5 Å². The minimum Gasteiger partial charge on any atom is -0.308 e. The van der Waals surface area contributed by atoms with Crippen LogP contribution in [0.5, 0.6) is 0 Å². The van der Waals surface area contributed by atoms with E-state index in [9.17, 15) is 8.42 Å². The first-order chi connectivity index (χ1) is 10.2. The molecule has 0 aliphatic carbocycles. The summed E-state index contributed by atoms with van der Waals surface area (Å²) in [6, 6.07) is 16.7. The minimum atomic E-state index is -3.45. The highest BCUT2D eigenvalue weighted by molar-refractivity contribution is 7.89. The average molecular weight is 302 g/mol. The molecular formula is C16H18N2O2S. The Morgan fingerprint density at radius 3 is 2.57 bits per heavy atom. The molecule has 2 aromatic rings. The van der Waals surface area contributed by atoms with Gasteiger partial charge in [0.25, 0.3) is 0 Å². The summed E-state index contributed by atoms with van der Waals surface area (Å²) in [5, 5.41) is 3.37. The van der Waals surface area contributed by atoms with E-state index in [1.165, 1.54) is 11.1 Å². The maximum absolute atomic E-state index is 12.2. The Morgan fingerprint density at radius 1 is 1.05 bits per heavy atom. The molecule has 0 radical (unpaired) electrons. The van der Waals surface area contributed by atoms with E-state index >= 15 is 0 Å². The third-order valence-electron chi connectivity index (χ3n) is 3.75. The highest BCUT2D eigenvalue weighted by atomic mass is 32.2. The van der Waals surface area contributed by atoms with Gasteiger partial charge in [-0.3, -0.25) is 0 Å². The maximum atomic E-state index is 12.2. The van der Waals surface area contributed by atoms with E-state index in [-0.39, 0.29) is 6.04 Å². The Hall–Kier alpha value is -1.69. The molecule has 1 aliphatic heterocycles. The highest BCUT2D eigenvalue weighted by Gasteiger charge is 2.21. The zero-order valence-corrected chi connectivity index (χ0v) is 12.4. The lowest BCUT2D eigenvalue weighted by Gasteiger charge is -2.27. The predicted molar refractivity (Wildman–Crippen MR) is 82.5 cm³/mol. The van der Waals surface area contributed by atoms with E-state index < -0.39 is 10.0 Å². The Morgan fingerprint density at radius 2 is 1.76 bits per heavy atom. The third-order valence-corrected chi connectivity index (χ3v) is 5.19. The molecular weight excluding hydrogens is 284 g/mol. The van der Waals surface area contributed by atoms with E-state index in [0.717, 1.165) is 13.0 Å². The second-order valence-corrected chi connectivity index (χ2v) is 6.89. The van der Waals surface area contributed by atoms with E-state index in [1.807, 2.05) is 12.1 Å². The predicted octanol–water partition coefficient (Wildman–Crippen LogP) is 1.85. The number of fused-ring (bicyclic) bond motifs is 1. The van der Waals surface area contributed by atoms with Crippen LogP contribution in [0.4, 0.5) is 0 Å². The van der Waals surface area contributed by atoms with Gasteiger partial charge in [-0.15, -0.1) is 0 Å². The van der Waals surface area contributed by atoms with Gasteiger partial charge >= 0.3 is 0 Å². The van der Waals surface area contributed by atoms with E-state index in [4.69, 9.17) is 0 Å². The summed E-state index contributed by atoms with van der Waals surface area (Å²) in [5.41, 5.74) is 2.47. The number of benzene rings is 2. The van der Waals surface area contributed by atoms with Crippen LogP contribution in [0.25, 0.3) is 0 Å². The molecule has 0 bridgehead atoms. The van der Waals surface area contributed by atoms with Gasteiger partial charge in [0.15, 0.2) is 0 Å². The minimum absolute atomic E-state index is 0.0217. The monoisotopic (exact) mass is 302 g/mol. The SMILES string of the molecule is O=S(=O)(NC[C@@H]1NCCc2ccccc21)c1ccccc1. The molecule has 5 heteroatoms. The molecule has 1 atom stereocenters. The maximum Gasteiger partial charge on any atom is 0.240 e. The number of sulfonamides is 1. The van der Waals surface area contributed by atoms with Crippen molar-refractivity contribution in [3.05, 3.63) is 65.7 Å². The summed E-state index contributed by atoms with van der Waals surface area (Å²) in [6.45, 7) is 1.23. The van der Waals surface area contributed by atoms with E-state index in [0.29, 0.717) is 11.4 Å². The topological polar surface area (TPSA) is 58.2 Å². The summed E-state index contributed by atoms with van der Waals surface area (Å²) in [6.07, 6.45) is 0.984. The third kappa shape index (κ3) is 3.15. The second-order valence-electron chi connectivity index (χ2n) is 5.12. The molecule has 0 saturated carbocycles. The van der Waals surface area contributed by atoms with Gasteiger partial charge < -0.3 is 5.32 Å². The Bertz CT molecular complexity index is 714. The van der Waals surface area contributed by atoms with E-state index in [2.05, 4.69) is 22.2 Å². The Labute approximate surface area is 125 Å². The molecule has 0 saturated heterocycles. The highest BCUT2D eigenvalue weighted by Crippen LogP contribution is 2.22. The fourth-order valence-corrected chi connectivity index (χ4v) is 3.72. The van der Waals surface area contributed by atoms with Crippen molar-refractivity contribution in [1.29, 1.82) is 0 Å². The standard InChI is InChI=1S/C16H18N2O2S/c19-21(20,14-7-2-1-3-8-14)18-12-16-15-9-5-4-6-13(15)10-11-17-16/h1-9,16-18H,10-12H2/t16-/m0/s1. The van der Waals surface area contributed by atoms with Crippen molar-refractivity contribution in [2.45, 2.75) is 17.4 Å². The van der Waals surface area contributed by atoms with Crippen LogP contribution < -0.4 is 10.0 Å². The number of hydrogen-bond donors (Lipinski definition) is 2. The summed E-state index contributed by atoms with van der Waals surface area (Å²) < 4.78 is 27.2. The molecule has 110 valence electrons. The average Bonchev–Trinajstić information content (AvgIpc) is 2.54. The summed E-state index contributed by atoms with van der Waals surface area (Å²) in [5.74, 6) is 0. The van der Waals surface area contributed by atoms with Gasteiger partial charge in [-0.25, -0.2) is 13.1 Å². The fourth-order valence-electron chi connectivity index (χ4n) is 2.65. The molecule has 0 fully saturated rings. The fraction of sp³-hybridized carbons (Fsp3) is 0.250. The molecule has 21 heavy (non-hydrogen) atoms. The van der Waals surface area contributed by atoms with E-state index in [1.54, 1.807) is 30.3 Å². The molecule has 0 amide bonds. The lowest BCUT2D eigenvalue weighted by atomic mass is 9.95. The normalized spacial score (nSPS) is 18.2. The lowest BCUT2D eigenvalue weighted by molar-refractivity contribution is 0.491. The molecule has 2 N–H and O–H groups in total. The van der Waals surface area contributed by atoms with Crippen molar-refractivity contribution in [2.75, 3.05) is 13.1 Å². The second kappa shape index (κ2) is 5.97. The molecule has 0 aromatic heterocycles. The van der Waals surface area contributed by atoms with Crippen LogP contribution in [0, 0.1) is 0 Å².